The molecule has 5 atom stereocenters. The van der Waals surface area contributed by atoms with Gasteiger partial charge in [-0.15, -0.1) is 0 Å². The number of rotatable bonds is 13. The van der Waals surface area contributed by atoms with Crippen LogP contribution in [0.5, 0.6) is 0 Å². The largest absolute Gasteiger partial charge is 0.481 e. The zero-order chi connectivity index (χ0) is 19.4. The van der Waals surface area contributed by atoms with Crippen molar-refractivity contribution >= 4 is 5.97 Å². The lowest BCUT2D eigenvalue weighted by atomic mass is 9.86. The topological polar surface area (TPSA) is 66.8 Å². The molecule has 2 N–H and O–H groups in total. The Balaban J connectivity index is 2.54. The average Bonchev–Trinajstić information content (AvgIpc) is 2.91. The quantitative estimate of drug-likeness (QED) is 0.357. The molecule has 1 rings (SSSR count). The van der Waals surface area contributed by atoms with Crippen LogP contribution in [0.2, 0.25) is 0 Å². The lowest BCUT2D eigenvalue weighted by Gasteiger charge is -2.22. The number of aliphatic hydroxyl groups is 1. The van der Waals surface area contributed by atoms with Gasteiger partial charge in [0.05, 0.1) is 12.2 Å². The predicted molar refractivity (Wildman–Crippen MR) is 106 cm³/mol. The normalized spacial score (nSPS) is 27.5. The van der Waals surface area contributed by atoms with Gasteiger partial charge >= 0.3 is 5.97 Å². The van der Waals surface area contributed by atoms with Crippen LogP contribution in [-0.2, 0) is 9.53 Å². The Morgan fingerprint density at radius 2 is 2.04 bits per heavy atom. The van der Waals surface area contributed by atoms with Crippen molar-refractivity contribution in [3.8, 4) is 0 Å². The van der Waals surface area contributed by atoms with Crippen LogP contribution in [0.15, 0.2) is 24.3 Å². The summed E-state index contributed by atoms with van der Waals surface area (Å²) in [5, 5.41) is 18.8. The molecule has 0 aliphatic heterocycles. The summed E-state index contributed by atoms with van der Waals surface area (Å²) in [5.74, 6) is 0.693. The molecule has 0 bridgehead atoms. The summed E-state index contributed by atoms with van der Waals surface area (Å²) in [6.45, 7) is 4.45. The van der Waals surface area contributed by atoms with Gasteiger partial charge in [0, 0.05) is 19.4 Å². The molecule has 26 heavy (non-hydrogen) atoms. The summed E-state index contributed by atoms with van der Waals surface area (Å²) >= 11 is 0. The molecule has 0 amide bonds. The highest BCUT2D eigenvalue weighted by Gasteiger charge is 2.38. The number of aliphatic hydroxyl groups excluding tert-OH is 1. The Hall–Kier alpha value is -1.13. The number of carbonyl (C=O) groups is 1. The molecule has 1 aliphatic rings. The van der Waals surface area contributed by atoms with Crippen LogP contribution in [0.1, 0.15) is 71.6 Å². The van der Waals surface area contributed by atoms with Crippen molar-refractivity contribution in [3.05, 3.63) is 24.3 Å². The number of hydrogen-bond acceptors (Lipinski definition) is 3. The second-order valence-electron chi connectivity index (χ2n) is 7.67. The van der Waals surface area contributed by atoms with E-state index in [1.165, 1.54) is 12.8 Å². The fourth-order valence-corrected chi connectivity index (χ4v) is 3.96. The molecule has 0 aromatic heterocycles. The molecule has 0 heterocycles. The molecule has 4 nitrogen and oxygen atoms in total. The Morgan fingerprint density at radius 3 is 2.69 bits per heavy atom. The van der Waals surface area contributed by atoms with Crippen LogP contribution in [0.25, 0.3) is 0 Å². The molecule has 150 valence electrons. The number of methoxy groups -OCH3 is 1. The highest BCUT2D eigenvalue weighted by atomic mass is 16.5. The van der Waals surface area contributed by atoms with Gasteiger partial charge in [-0.1, -0.05) is 57.4 Å². The lowest BCUT2D eigenvalue weighted by molar-refractivity contribution is -0.137. The molecule has 0 unspecified atom stereocenters. The Bertz CT molecular complexity index is 443. The SMILES string of the molecule is CCCCC[C@H](O)/C=C/[C@@H]1[C@@H](C/C=C\CCCC(=O)O)[C@H](C)C[C@H]1OC. The van der Waals surface area contributed by atoms with Gasteiger partial charge in [-0.3, -0.25) is 4.79 Å². The van der Waals surface area contributed by atoms with E-state index in [1.807, 2.05) is 6.08 Å². The van der Waals surface area contributed by atoms with E-state index in [-0.39, 0.29) is 18.6 Å². The zero-order valence-electron chi connectivity index (χ0n) is 16.8. The number of aliphatic carboxylic acids is 1. The van der Waals surface area contributed by atoms with Crippen LogP contribution in [0.3, 0.4) is 0 Å². The van der Waals surface area contributed by atoms with Crippen molar-refractivity contribution < 1.29 is 19.7 Å². The third-order valence-corrected chi connectivity index (χ3v) is 5.56. The molecule has 0 aromatic rings. The van der Waals surface area contributed by atoms with Crippen molar-refractivity contribution in [3.63, 3.8) is 0 Å². The van der Waals surface area contributed by atoms with Gasteiger partial charge < -0.3 is 14.9 Å². The first-order valence-corrected chi connectivity index (χ1v) is 10.3. The minimum atomic E-state index is -0.728. The number of ether oxygens (including phenoxy) is 1. The number of hydrogen-bond donors (Lipinski definition) is 2. The number of carboxylic acid groups (broad SMARTS) is 1. The monoisotopic (exact) mass is 366 g/mol. The Kier molecular flexibility index (Phi) is 11.5. The summed E-state index contributed by atoms with van der Waals surface area (Å²) in [6.07, 6.45) is 16.3. The van der Waals surface area contributed by atoms with Gasteiger partial charge in [0.2, 0.25) is 0 Å². The first-order valence-electron chi connectivity index (χ1n) is 10.3. The predicted octanol–water partition coefficient (Wildman–Crippen LogP) is 4.97. The summed E-state index contributed by atoms with van der Waals surface area (Å²) < 4.78 is 5.70. The van der Waals surface area contributed by atoms with Crippen LogP contribution < -0.4 is 0 Å². The van der Waals surface area contributed by atoms with Gasteiger partial charge in [0.15, 0.2) is 0 Å². The second-order valence-corrected chi connectivity index (χ2v) is 7.67. The second kappa shape index (κ2) is 13.1. The van der Waals surface area contributed by atoms with Crippen molar-refractivity contribution in [2.24, 2.45) is 17.8 Å². The summed E-state index contributed by atoms with van der Waals surface area (Å²) in [6, 6.07) is 0. The van der Waals surface area contributed by atoms with Gasteiger partial charge in [0.1, 0.15) is 0 Å². The molecule has 1 fully saturated rings. The van der Waals surface area contributed by atoms with Crippen molar-refractivity contribution in [2.75, 3.05) is 7.11 Å². The smallest absolute Gasteiger partial charge is 0.303 e. The molecule has 1 saturated carbocycles. The van der Waals surface area contributed by atoms with E-state index >= 15 is 0 Å². The van der Waals surface area contributed by atoms with Crippen LogP contribution in [0.4, 0.5) is 0 Å². The number of allylic oxidation sites excluding steroid dienone is 2. The van der Waals surface area contributed by atoms with Gasteiger partial charge in [-0.25, -0.2) is 0 Å². The summed E-state index contributed by atoms with van der Waals surface area (Å²) in [5.41, 5.74) is 0. The third kappa shape index (κ3) is 8.50. The fraction of sp³-hybridized carbons (Fsp3) is 0.773. The van der Waals surface area contributed by atoms with Gasteiger partial charge in [-0.05, 0) is 43.9 Å². The minimum absolute atomic E-state index is 0.217. The highest BCUT2D eigenvalue weighted by molar-refractivity contribution is 5.66. The van der Waals surface area contributed by atoms with E-state index in [4.69, 9.17) is 9.84 Å². The van der Waals surface area contributed by atoms with E-state index < -0.39 is 5.97 Å². The summed E-state index contributed by atoms with van der Waals surface area (Å²) in [7, 11) is 1.78. The first-order chi connectivity index (χ1) is 12.5. The maximum absolute atomic E-state index is 10.5. The van der Waals surface area contributed by atoms with Crippen molar-refractivity contribution in [1.29, 1.82) is 0 Å². The lowest BCUT2D eigenvalue weighted by Crippen LogP contribution is -2.20. The van der Waals surface area contributed by atoms with Gasteiger partial charge in [0.25, 0.3) is 0 Å². The van der Waals surface area contributed by atoms with E-state index in [2.05, 4.69) is 32.1 Å². The number of unbranched alkanes of at least 4 members (excludes halogenated alkanes) is 3. The van der Waals surface area contributed by atoms with Crippen molar-refractivity contribution in [1.82, 2.24) is 0 Å². The Morgan fingerprint density at radius 1 is 1.27 bits per heavy atom. The standard InChI is InChI=1S/C22H38O4/c1-4-5-8-11-18(23)14-15-20-19(17(2)16-21(20)26-3)12-9-6-7-10-13-22(24)25/h6,9,14-15,17-21,23H,4-5,7-8,10-13,16H2,1-3H3,(H,24,25)/b9-6-,15-14+/t17-,18+,19+,20-,21-/m1/s1. The minimum Gasteiger partial charge on any atom is -0.481 e. The maximum Gasteiger partial charge on any atom is 0.303 e. The molecule has 0 saturated heterocycles. The average molecular weight is 367 g/mol. The molecular weight excluding hydrogens is 328 g/mol. The van der Waals surface area contributed by atoms with Crippen LogP contribution in [-0.4, -0.2) is 35.5 Å². The van der Waals surface area contributed by atoms with Crippen LogP contribution >= 0.6 is 0 Å². The van der Waals surface area contributed by atoms with Gasteiger partial charge in [-0.2, -0.15) is 0 Å². The first kappa shape index (κ1) is 22.9. The maximum atomic E-state index is 10.5. The van der Waals surface area contributed by atoms with Crippen molar-refractivity contribution in [2.45, 2.75) is 83.8 Å². The molecule has 1 aliphatic carbocycles. The van der Waals surface area contributed by atoms with Crippen LogP contribution in [0, 0.1) is 17.8 Å². The molecule has 0 spiro atoms. The Labute approximate surface area is 159 Å². The molecule has 4 heteroatoms. The summed E-state index contributed by atoms with van der Waals surface area (Å²) in [4.78, 5) is 10.5. The third-order valence-electron chi connectivity index (χ3n) is 5.56. The molecule has 0 radical (unpaired) electrons. The highest BCUT2D eigenvalue weighted by Crippen LogP contribution is 2.41. The molecule has 0 aromatic carbocycles. The molecular formula is C22H38O4. The fourth-order valence-electron chi connectivity index (χ4n) is 3.96. The van der Waals surface area contributed by atoms with E-state index in [0.29, 0.717) is 24.2 Å². The van der Waals surface area contributed by atoms with E-state index in [1.54, 1.807) is 7.11 Å². The zero-order valence-corrected chi connectivity index (χ0v) is 16.8. The van der Waals surface area contributed by atoms with E-state index in [0.717, 1.165) is 32.1 Å². The number of carboxylic acids is 1. The van der Waals surface area contributed by atoms with E-state index in [9.17, 15) is 9.90 Å².